The number of rotatable bonds is 11. The lowest BCUT2D eigenvalue weighted by molar-refractivity contribution is -0.133. The first-order valence-electron chi connectivity index (χ1n) is 19.1. The zero-order chi connectivity index (χ0) is 43.0. The van der Waals surface area contributed by atoms with E-state index < -0.39 is 20.0 Å². The molecule has 2 aromatic heterocycles. The predicted molar refractivity (Wildman–Crippen MR) is 221 cm³/mol. The average molecular weight is 849 g/mol. The molecule has 0 atom stereocenters. The summed E-state index contributed by atoms with van der Waals surface area (Å²) in [6.45, 7) is 9.56. The molecule has 59 heavy (non-hydrogen) atoms. The lowest BCUT2D eigenvalue weighted by atomic mass is 9.89. The van der Waals surface area contributed by atoms with E-state index in [-0.39, 0.29) is 39.2 Å². The van der Waals surface area contributed by atoms with Crippen molar-refractivity contribution in [3.05, 3.63) is 108 Å². The van der Waals surface area contributed by atoms with Gasteiger partial charge in [-0.3, -0.25) is 20.2 Å². The van der Waals surface area contributed by atoms with Crippen molar-refractivity contribution in [2.24, 2.45) is 22.8 Å². The predicted octanol–water partition coefficient (Wildman–Crippen LogP) is 2.91. The zero-order valence-corrected chi connectivity index (χ0v) is 35.3. The maximum atomic E-state index is 12.6. The van der Waals surface area contributed by atoms with E-state index >= 15 is 0 Å². The summed E-state index contributed by atoms with van der Waals surface area (Å²) < 4.78 is 47.4. The smallest absolute Gasteiger partial charge is 0.276 e. The molecule has 6 rings (SSSR count). The lowest BCUT2D eigenvalue weighted by Gasteiger charge is -2.31. The Bertz CT molecular complexity index is 2230. The highest BCUT2D eigenvalue weighted by Crippen LogP contribution is 2.22. The Kier molecular flexibility index (Phi) is 17.2. The van der Waals surface area contributed by atoms with Crippen LogP contribution in [0, 0.1) is 25.7 Å². The molecule has 2 aliphatic rings. The number of piperidine rings is 2. The molecular weight excluding hydrogens is 797 g/mol. The topological polar surface area (TPSA) is 240 Å². The molecule has 0 bridgehead atoms. The number of nitrogens with zero attached hydrogens (tertiary/aromatic N) is 7. The molecule has 4 aromatic rings. The molecule has 2 amide bonds. The van der Waals surface area contributed by atoms with Gasteiger partial charge in [-0.1, -0.05) is 35.4 Å². The SMILES string of the molecule is CC(=O)N1CCC(/C(Cc2ccncn2)=N/NS(=O)(=O)c2ccc(C)cc2)CC1.CC(=O)N1CCC(C(=O)Cc2ccncn2)CC1.Cc1ccc(S(=O)(=O)NN)cc1. The Morgan fingerprint density at radius 3 is 1.49 bits per heavy atom. The van der Waals surface area contributed by atoms with Gasteiger partial charge in [0.25, 0.3) is 20.0 Å². The fourth-order valence-corrected chi connectivity index (χ4v) is 7.81. The van der Waals surface area contributed by atoms with Gasteiger partial charge in [0, 0.05) is 88.5 Å². The van der Waals surface area contributed by atoms with E-state index in [1.165, 1.54) is 24.8 Å². The molecule has 0 unspecified atom stereocenters. The summed E-state index contributed by atoms with van der Waals surface area (Å²) in [7, 11) is -7.25. The van der Waals surface area contributed by atoms with Gasteiger partial charge in [0.2, 0.25) is 11.8 Å². The highest BCUT2D eigenvalue weighted by Gasteiger charge is 2.27. The van der Waals surface area contributed by atoms with Gasteiger partial charge in [-0.15, -0.1) is 0 Å². The second-order valence-corrected chi connectivity index (χ2v) is 17.6. The number of nitrogens with one attached hydrogen (secondary N) is 2. The van der Waals surface area contributed by atoms with Crippen LogP contribution in [-0.2, 0) is 47.3 Å². The van der Waals surface area contributed by atoms with E-state index in [9.17, 15) is 31.2 Å². The van der Waals surface area contributed by atoms with Crippen molar-refractivity contribution in [2.75, 3.05) is 26.2 Å². The van der Waals surface area contributed by atoms with Crippen LogP contribution in [0.4, 0.5) is 0 Å². The number of Topliss-reactive ketones (excluding diaryl/α,β-unsaturated/α-hetero) is 1. The number of carbonyl (C=O) groups excluding carboxylic acids is 3. The number of nitrogens with two attached hydrogens (primary N) is 1. The molecule has 2 fully saturated rings. The summed E-state index contributed by atoms with van der Waals surface area (Å²) in [5.74, 6) is 5.34. The van der Waals surface area contributed by atoms with Gasteiger partial charge in [-0.25, -0.2) is 33.2 Å². The highest BCUT2D eigenvalue weighted by molar-refractivity contribution is 7.89. The summed E-state index contributed by atoms with van der Waals surface area (Å²) in [6, 6.07) is 16.6. The van der Waals surface area contributed by atoms with Gasteiger partial charge in [-0.05, 0) is 75.9 Å². The number of hydrogen-bond donors (Lipinski definition) is 3. The van der Waals surface area contributed by atoms with Crippen molar-refractivity contribution in [1.82, 2.24) is 39.4 Å². The third kappa shape index (κ3) is 14.7. The minimum absolute atomic E-state index is 0.0535. The number of hydrogen-bond acceptors (Lipinski definition) is 13. The molecule has 2 saturated heterocycles. The van der Waals surface area contributed by atoms with Crippen LogP contribution in [0.2, 0.25) is 0 Å². The monoisotopic (exact) mass is 848 g/mol. The normalized spacial score (nSPS) is 15.2. The largest absolute Gasteiger partial charge is 0.343 e. The van der Waals surface area contributed by atoms with Gasteiger partial charge in [0.05, 0.1) is 15.5 Å². The van der Waals surface area contributed by atoms with Crippen LogP contribution in [0.25, 0.3) is 0 Å². The average Bonchev–Trinajstić information content (AvgIpc) is 3.24. The van der Waals surface area contributed by atoms with Crippen molar-refractivity contribution in [3.63, 3.8) is 0 Å². The molecule has 0 radical (unpaired) electrons. The molecule has 0 saturated carbocycles. The van der Waals surface area contributed by atoms with E-state index in [2.05, 4.69) is 29.9 Å². The van der Waals surface area contributed by atoms with E-state index in [0.717, 1.165) is 48.2 Å². The quantitative estimate of drug-likeness (QED) is 0.112. The molecule has 4 N–H and O–H groups in total. The summed E-state index contributed by atoms with van der Waals surface area (Å²) >= 11 is 0. The van der Waals surface area contributed by atoms with Gasteiger partial charge >= 0.3 is 0 Å². The Morgan fingerprint density at radius 1 is 0.661 bits per heavy atom. The fraction of sp³-hybridized carbons (Fsp3) is 0.400. The summed E-state index contributed by atoms with van der Waals surface area (Å²) in [6.07, 6.45) is 10.0. The van der Waals surface area contributed by atoms with Crippen LogP contribution in [0.5, 0.6) is 0 Å². The van der Waals surface area contributed by atoms with E-state index in [1.54, 1.807) is 89.4 Å². The van der Waals surface area contributed by atoms with Gasteiger partial charge < -0.3 is 9.80 Å². The van der Waals surface area contributed by atoms with Gasteiger partial charge in [0.15, 0.2) is 0 Å². The molecule has 17 nitrogen and oxygen atoms in total. The van der Waals surface area contributed by atoms with Crippen molar-refractivity contribution in [3.8, 4) is 0 Å². The Balaban J connectivity index is 0.000000217. The number of amides is 2. The van der Waals surface area contributed by atoms with Crippen molar-refractivity contribution >= 4 is 43.4 Å². The number of sulfonamides is 2. The first-order chi connectivity index (χ1) is 28.1. The van der Waals surface area contributed by atoms with Crippen LogP contribution in [0.1, 0.15) is 62.0 Å². The third-order valence-corrected chi connectivity index (χ3v) is 12.4. The molecular formula is C40H52N10O7S2. The van der Waals surface area contributed by atoms with Crippen LogP contribution < -0.4 is 15.5 Å². The first-order valence-corrected chi connectivity index (χ1v) is 22.0. The van der Waals surface area contributed by atoms with Gasteiger partial charge in [-0.2, -0.15) is 18.4 Å². The number of ketones is 1. The highest BCUT2D eigenvalue weighted by atomic mass is 32.2. The van der Waals surface area contributed by atoms with Crippen LogP contribution >= 0.6 is 0 Å². The molecule has 2 aliphatic heterocycles. The van der Waals surface area contributed by atoms with E-state index in [0.29, 0.717) is 44.7 Å². The minimum Gasteiger partial charge on any atom is -0.343 e. The maximum absolute atomic E-state index is 12.6. The molecule has 19 heteroatoms. The van der Waals surface area contributed by atoms with Crippen molar-refractivity contribution in [2.45, 2.75) is 76.0 Å². The van der Waals surface area contributed by atoms with E-state index in [1.807, 2.05) is 13.8 Å². The van der Waals surface area contributed by atoms with E-state index in [4.69, 9.17) is 5.84 Å². The number of carbonyl (C=O) groups is 3. The van der Waals surface area contributed by atoms with Crippen LogP contribution in [0.15, 0.2) is 101 Å². The third-order valence-electron chi connectivity index (χ3n) is 9.94. The Labute approximate surface area is 346 Å². The zero-order valence-electron chi connectivity index (χ0n) is 33.7. The van der Waals surface area contributed by atoms with Crippen molar-refractivity contribution in [1.29, 1.82) is 0 Å². The van der Waals surface area contributed by atoms with Gasteiger partial charge in [0.1, 0.15) is 18.4 Å². The Hall–Kier alpha value is -5.50. The molecule has 0 aliphatic carbocycles. The lowest BCUT2D eigenvalue weighted by Crippen LogP contribution is -2.40. The van der Waals surface area contributed by atoms with Crippen molar-refractivity contribution < 1.29 is 31.2 Å². The number of hydrazone groups is 1. The second-order valence-electron chi connectivity index (χ2n) is 14.2. The minimum atomic E-state index is -3.76. The molecule has 0 spiro atoms. The number of benzene rings is 2. The van der Waals surface area contributed by atoms with Crippen LogP contribution in [0.3, 0.4) is 0 Å². The molecule has 4 heterocycles. The molecule has 2 aromatic carbocycles. The summed E-state index contributed by atoms with van der Waals surface area (Å²) in [4.78, 5) is 59.0. The fourth-order valence-electron chi connectivity index (χ4n) is 6.35. The standard InChI is InChI=1S/C20H25N5O3S.C13H17N3O2.C7H10N2O2S/c1-15-3-5-19(6-4-15)29(27,28)24-23-20(13-18-7-10-21-14-22-18)17-8-11-25(12-9-17)16(2)26;1-10(17)16-6-3-11(4-7-16)13(18)8-12-2-5-14-9-15-12;1-6-2-4-7(5-3-6)12(10,11)9-8/h3-7,10,14,17,24H,8-9,11-13H2,1-2H3;2,5,9,11H,3-4,6-8H2,1H3;2-5,9H,8H2,1H3/b23-20+;;. The first kappa shape index (κ1) is 46.2. The molecule has 316 valence electrons. The second kappa shape index (κ2) is 22.0. The maximum Gasteiger partial charge on any atom is 0.276 e. The number of likely N-dealkylation sites (tertiary alicyclic amines) is 2. The summed E-state index contributed by atoms with van der Waals surface area (Å²) in [5, 5.41) is 4.30. The van der Waals surface area contributed by atoms with Crippen LogP contribution in [-0.4, -0.2) is 96.1 Å². The number of hydrazine groups is 1. The number of aromatic nitrogens is 4. The number of aryl methyl sites for hydroxylation is 2. The summed E-state index contributed by atoms with van der Waals surface area (Å²) in [5.41, 5.74) is 4.23. The Morgan fingerprint density at radius 2 is 1.08 bits per heavy atom.